The van der Waals surface area contributed by atoms with Crippen LogP contribution in [0.4, 0.5) is 0 Å². The van der Waals surface area contributed by atoms with Crippen LogP contribution < -0.4 is 0 Å². The maximum atomic E-state index is 13.1. The number of carbonyl (C=O) groups is 9. The Morgan fingerprint density at radius 1 is 0.325 bits per heavy atom. The molecule has 21 nitrogen and oxygen atoms in total. The monoisotopic (exact) mass is 1790 g/mol. The Kier molecular flexibility index (Phi) is 82.1. The number of benzene rings is 3. The third kappa shape index (κ3) is 69.8. The molecule has 22 heteroatoms. The number of phenols is 1. The average Bonchev–Trinajstić information content (AvgIpc) is 0.818. The first-order chi connectivity index (χ1) is 61.3. The van der Waals surface area contributed by atoms with Gasteiger partial charge in [-0.2, -0.15) is 0 Å². The molecular formula is C104H173O21P. The van der Waals surface area contributed by atoms with E-state index >= 15 is 0 Å². The summed E-state index contributed by atoms with van der Waals surface area (Å²) in [6.07, 6.45) is 59.7. The summed E-state index contributed by atoms with van der Waals surface area (Å²) in [4.78, 5) is 109. The molecule has 0 heterocycles. The van der Waals surface area contributed by atoms with E-state index in [1.54, 1.807) is 36.4 Å². The molecular weight excluding hydrogens is 1620 g/mol. The van der Waals surface area contributed by atoms with Gasteiger partial charge in [-0.25, -0.2) is 28.5 Å². The number of ether oxygens (including phenoxy) is 9. The number of hydrogen-bond acceptors (Lipinski definition) is 21. The first-order valence-electron chi connectivity index (χ1n) is 49.8. The fourth-order valence-corrected chi connectivity index (χ4v) is 14.2. The molecule has 1 N–H and O–H groups in total. The zero-order valence-electron chi connectivity index (χ0n) is 80.4. The summed E-state index contributed by atoms with van der Waals surface area (Å²) in [5.74, 6) is -3.46. The van der Waals surface area contributed by atoms with Crippen molar-refractivity contribution < 1.29 is 100.0 Å². The SMILES string of the molecule is CCCCC(CC)COP=O.CCCCCCCCCCOC(=O)c1ccc(C(=O)OCCCCCCCCCC)c(C(=O)OCCCCCCCCCC)c1.CCCCCCCCOC(=O)CC(=O)OCCCCCCCC.CCCCOC(=O)CC(=O)OCCCC.Cc1ccc(O)cc1.O=C(OC1CCCCC1)c1ccccc1C(=O)OC1CCCCC1. The molecule has 1 atom stereocenters. The molecule has 0 aromatic heterocycles. The first kappa shape index (κ1) is 119. The van der Waals surface area contributed by atoms with Crippen molar-refractivity contribution in [3.8, 4) is 5.75 Å². The van der Waals surface area contributed by atoms with Crippen molar-refractivity contribution in [2.24, 2.45) is 5.92 Å². The Balaban J connectivity index is 0.00000163. The molecule has 2 aliphatic rings. The van der Waals surface area contributed by atoms with Crippen molar-refractivity contribution in [1.82, 2.24) is 0 Å². The second-order valence-electron chi connectivity index (χ2n) is 33.6. The Bertz CT molecular complexity index is 3060. The second-order valence-corrected chi connectivity index (χ2v) is 34.0. The lowest BCUT2D eigenvalue weighted by molar-refractivity contribution is -0.156. The van der Waals surface area contributed by atoms with Gasteiger partial charge in [-0.3, -0.25) is 23.7 Å². The number of phenolic OH excluding ortho intramolecular Hbond substituents is 1. The van der Waals surface area contributed by atoms with E-state index in [1.165, 1.54) is 204 Å². The van der Waals surface area contributed by atoms with Crippen molar-refractivity contribution in [1.29, 1.82) is 0 Å². The van der Waals surface area contributed by atoms with Gasteiger partial charge in [0.25, 0.3) is 0 Å². The number of carbonyl (C=O) groups excluding carboxylic acids is 9. The third-order valence-corrected chi connectivity index (χ3v) is 22.2. The normalized spacial score (nSPS) is 12.5. The summed E-state index contributed by atoms with van der Waals surface area (Å²) >= 11 is 0. The predicted molar refractivity (Wildman–Crippen MR) is 505 cm³/mol. The van der Waals surface area contributed by atoms with Gasteiger partial charge in [-0.1, -0.05) is 336 Å². The molecule has 2 fully saturated rings. The molecule has 2 saturated carbocycles. The fourth-order valence-electron chi connectivity index (χ4n) is 13.9. The van der Waals surface area contributed by atoms with E-state index in [4.69, 9.17) is 52.3 Å². The number of aryl methyl sites for hydroxylation is 1. The quantitative estimate of drug-likeness (QED) is 0.0181. The van der Waals surface area contributed by atoms with Gasteiger partial charge in [0.2, 0.25) is 0 Å². The fraction of sp³-hybridized carbons (Fsp3) is 0.740. The highest BCUT2D eigenvalue weighted by atomic mass is 31.1. The van der Waals surface area contributed by atoms with E-state index in [1.807, 2.05) is 32.9 Å². The van der Waals surface area contributed by atoms with E-state index in [-0.39, 0.29) is 57.0 Å². The highest BCUT2D eigenvalue weighted by Crippen LogP contribution is 2.27. The predicted octanol–water partition coefficient (Wildman–Crippen LogP) is 28.6. The summed E-state index contributed by atoms with van der Waals surface area (Å²) < 4.78 is 62.3. The van der Waals surface area contributed by atoms with Crippen LogP contribution >= 0.6 is 8.69 Å². The number of hydrogen-bond donors (Lipinski definition) is 1. The first-order valence-corrected chi connectivity index (χ1v) is 50.5. The van der Waals surface area contributed by atoms with Crippen LogP contribution in [-0.2, 0) is 70.9 Å². The van der Waals surface area contributed by atoms with E-state index in [0.717, 1.165) is 167 Å². The smallest absolute Gasteiger partial charge is 0.339 e. The van der Waals surface area contributed by atoms with Gasteiger partial charge in [0.05, 0.1) is 80.7 Å². The molecule has 0 bridgehead atoms. The molecule has 0 aliphatic heterocycles. The number of esters is 9. The van der Waals surface area contributed by atoms with Crippen LogP contribution in [0.2, 0.25) is 0 Å². The zero-order chi connectivity index (χ0) is 92.8. The summed E-state index contributed by atoms with van der Waals surface area (Å²) in [5, 5.41) is 8.76. The molecule has 3 aromatic rings. The van der Waals surface area contributed by atoms with Gasteiger partial charge in [-0.05, 0) is 158 Å². The third-order valence-electron chi connectivity index (χ3n) is 22.0. The van der Waals surface area contributed by atoms with Crippen LogP contribution in [0.15, 0.2) is 66.7 Å². The summed E-state index contributed by atoms with van der Waals surface area (Å²) in [6.45, 7) is 24.5. The van der Waals surface area contributed by atoms with Crippen molar-refractivity contribution in [2.75, 3.05) is 52.9 Å². The van der Waals surface area contributed by atoms with Crippen LogP contribution in [0.25, 0.3) is 0 Å². The van der Waals surface area contributed by atoms with Crippen LogP contribution in [0.5, 0.6) is 5.75 Å². The van der Waals surface area contributed by atoms with Gasteiger partial charge >= 0.3 is 62.4 Å². The van der Waals surface area contributed by atoms with E-state index < -0.39 is 53.7 Å². The number of unbranched alkanes of at least 4 members (excludes halogenated alkanes) is 34. The minimum atomic E-state index is -0.602. The van der Waals surface area contributed by atoms with Crippen LogP contribution in [0, 0.1) is 12.8 Å². The van der Waals surface area contributed by atoms with Crippen molar-refractivity contribution >= 4 is 62.4 Å². The molecule has 0 amide bonds. The lowest BCUT2D eigenvalue weighted by Gasteiger charge is -2.23. The highest BCUT2D eigenvalue weighted by Gasteiger charge is 2.27. The van der Waals surface area contributed by atoms with Crippen molar-refractivity contribution in [3.05, 3.63) is 100 Å². The highest BCUT2D eigenvalue weighted by molar-refractivity contribution is 7.17. The van der Waals surface area contributed by atoms with Gasteiger partial charge in [0, 0.05) is 0 Å². The Morgan fingerprint density at radius 3 is 0.937 bits per heavy atom. The maximum absolute atomic E-state index is 13.1. The van der Waals surface area contributed by atoms with Crippen LogP contribution in [0.1, 0.15) is 479 Å². The van der Waals surface area contributed by atoms with Gasteiger partial charge in [0.15, 0.2) is 0 Å². The van der Waals surface area contributed by atoms with Gasteiger partial charge < -0.3 is 47.7 Å². The summed E-state index contributed by atoms with van der Waals surface area (Å²) in [6, 6.07) is 18.4. The maximum Gasteiger partial charge on any atom is 0.339 e. The Hall–Kier alpha value is -7.25. The summed E-state index contributed by atoms with van der Waals surface area (Å²) in [7, 11) is -0.181. The standard InChI is InChI=1S/C39H66O6.C20H26O4.C19H36O4.C11H20O4.C8H17O2P.C7H8O/c1-4-7-10-13-16-19-22-25-30-43-37(40)34-28-29-35(38(41)44-31-26-23-20-17-14-11-8-5-2)36(33-34)39(42)45-32-27-24-21-18-15-12-9-6-3;21-19(23-15-9-3-1-4-10-15)17-13-7-8-14-18(17)20(22)24-16-11-5-2-6-12-16;1-3-5-7-9-11-13-15-22-18(20)17-19(21)23-16-14-12-10-8-6-4-2;1-3-5-7-14-10(12)9-11(13)15-8-6-4-2;1-3-5-6-8(4-2)7-10-11-9;1-6-2-4-7(8)5-3-6/h28-29,33H,4-27,30-32H2,1-3H3;7-8,13-16H,1-6,9-12H2;3-17H2,1-2H3;3-9H2,1-2H3;8H,3-7H2,1-2H3;2-5,8H,1H3. The topological polar surface area (TPSA) is 283 Å². The van der Waals surface area contributed by atoms with Crippen LogP contribution in [-0.4, -0.2) is 124 Å². The molecule has 3 aromatic carbocycles. The lowest BCUT2D eigenvalue weighted by Crippen LogP contribution is -2.24. The van der Waals surface area contributed by atoms with E-state index in [0.29, 0.717) is 69.0 Å². The second kappa shape index (κ2) is 87.1. The van der Waals surface area contributed by atoms with E-state index in [2.05, 4.69) is 48.5 Å². The van der Waals surface area contributed by atoms with Crippen LogP contribution in [0.3, 0.4) is 0 Å². The molecule has 0 spiro atoms. The van der Waals surface area contributed by atoms with Crippen molar-refractivity contribution in [3.63, 3.8) is 0 Å². The lowest BCUT2D eigenvalue weighted by atomic mass is 9.97. The Labute approximate surface area is 764 Å². The number of rotatable bonds is 65. The molecule has 1 unspecified atom stereocenters. The van der Waals surface area contributed by atoms with Crippen molar-refractivity contribution in [2.45, 2.75) is 441 Å². The molecule has 2 aliphatic carbocycles. The largest absolute Gasteiger partial charge is 0.508 e. The zero-order valence-corrected chi connectivity index (χ0v) is 81.3. The molecule has 0 saturated heterocycles. The minimum Gasteiger partial charge on any atom is -0.508 e. The summed E-state index contributed by atoms with van der Waals surface area (Å²) in [5.41, 5.74) is 2.26. The molecule has 720 valence electrons. The molecule has 126 heavy (non-hydrogen) atoms. The molecule has 5 rings (SSSR count). The molecule has 0 radical (unpaired) electrons. The average molecular weight is 1790 g/mol. The Morgan fingerprint density at radius 2 is 0.619 bits per heavy atom. The van der Waals surface area contributed by atoms with Gasteiger partial charge in [-0.15, -0.1) is 0 Å². The van der Waals surface area contributed by atoms with E-state index in [9.17, 15) is 47.7 Å². The van der Waals surface area contributed by atoms with Gasteiger partial charge in [0.1, 0.15) is 30.8 Å². The minimum absolute atomic E-state index is 0.0197. The number of aromatic hydroxyl groups is 1.